The molecule has 0 aliphatic heterocycles. The highest BCUT2D eigenvalue weighted by molar-refractivity contribution is 7.11. The zero-order chi connectivity index (χ0) is 10.7. The molecule has 2 rings (SSSR count). The highest BCUT2D eigenvalue weighted by Crippen LogP contribution is 2.34. The van der Waals surface area contributed by atoms with Gasteiger partial charge in [0.2, 0.25) is 0 Å². The number of thiophene rings is 1. The van der Waals surface area contributed by atoms with Crippen LogP contribution in [0.4, 0.5) is 0 Å². The summed E-state index contributed by atoms with van der Waals surface area (Å²) in [4.78, 5) is 12.6. The Morgan fingerprint density at radius 2 is 2.47 bits per heavy atom. The second-order valence-corrected chi connectivity index (χ2v) is 4.47. The van der Waals surface area contributed by atoms with Gasteiger partial charge in [0.15, 0.2) is 0 Å². The topological polar surface area (TPSA) is 26.3 Å². The van der Waals surface area contributed by atoms with Gasteiger partial charge in [0.25, 0.3) is 0 Å². The van der Waals surface area contributed by atoms with Crippen LogP contribution in [0.1, 0.15) is 30.2 Å². The van der Waals surface area contributed by atoms with Gasteiger partial charge in [0.1, 0.15) is 0 Å². The van der Waals surface area contributed by atoms with Crippen molar-refractivity contribution in [2.75, 3.05) is 6.61 Å². The average molecular weight is 222 g/mol. The van der Waals surface area contributed by atoms with E-state index in [0.29, 0.717) is 6.61 Å². The third kappa shape index (κ3) is 2.29. The lowest BCUT2D eigenvalue weighted by Crippen LogP contribution is -2.04. The average Bonchev–Trinajstić information content (AvgIpc) is 2.67. The molecule has 3 heteroatoms. The van der Waals surface area contributed by atoms with Gasteiger partial charge in [0, 0.05) is 11.0 Å². The van der Waals surface area contributed by atoms with E-state index in [1.165, 1.54) is 10.4 Å². The monoisotopic (exact) mass is 222 g/mol. The molecule has 1 aliphatic carbocycles. The van der Waals surface area contributed by atoms with Crippen LogP contribution in [0.15, 0.2) is 17.5 Å². The van der Waals surface area contributed by atoms with Crippen LogP contribution in [0.25, 0.3) is 5.57 Å². The van der Waals surface area contributed by atoms with Crippen LogP contribution in [0.3, 0.4) is 0 Å². The van der Waals surface area contributed by atoms with Crippen molar-refractivity contribution >= 4 is 22.9 Å². The number of fused-ring (bicyclic) bond motifs is 1. The summed E-state index contributed by atoms with van der Waals surface area (Å²) in [5, 5.41) is 2.09. The van der Waals surface area contributed by atoms with Gasteiger partial charge >= 0.3 is 5.97 Å². The third-order valence-corrected chi connectivity index (χ3v) is 3.54. The van der Waals surface area contributed by atoms with Gasteiger partial charge in [0.05, 0.1) is 6.61 Å². The van der Waals surface area contributed by atoms with Crippen LogP contribution in [0.5, 0.6) is 0 Å². The van der Waals surface area contributed by atoms with Crippen molar-refractivity contribution in [3.8, 4) is 0 Å². The van der Waals surface area contributed by atoms with Gasteiger partial charge in [-0.05, 0) is 48.8 Å². The first-order valence-corrected chi connectivity index (χ1v) is 6.13. The Kier molecular flexibility index (Phi) is 3.21. The number of hydrogen-bond acceptors (Lipinski definition) is 3. The van der Waals surface area contributed by atoms with Crippen LogP contribution >= 0.6 is 11.3 Å². The first-order chi connectivity index (χ1) is 7.31. The number of allylic oxidation sites excluding steroid dienone is 1. The maximum atomic E-state index is 11.3. The summed E-state index contributed by atoms with van der Waals surface area (Å²) in [6.07, 6.45) is 4.91. The first-order valence-electron chi connectivity index (χ1n) is 5.25. The van der Waals surface area contributed by atoms with Crippen molar-refractivity contribution in [2.24, 2.45) is 0 Å². The molecule has 0 spiro atoms. The number of carbonyl (C=O) groups is 1. The largest absolute Gasteiger partial charge is 0.463 e. The lowest BCUT2D eigenvalue weighted by Gasteiger charge is -2.14. The summed E-state index contributed by atoms with van der Waals surface area (Å²) in [5.41, 5.74) is 2.52. The molecule has 1 aliphatic rings. The Labute approximate surface area is 93.6 Å². The summed E-state index contributed by atoms with van der Waals surface area (Å²) in [7, 11) is 0. The van der Waals surface area contributed by atoms with Crippen molar-refractivity contribution in [1.29, 1.82) is 0 Å². The summed E-state index contributed by atoms with van der Waals surface area (Å²) in [5.74, 6) is -0.214. The summed E-state index contributed by atoms with van der Waals surface area (Å²) in [6.45, 7) is 2.27. The van der Waals surface area contributed by atoms with Crippen LogP contribution in [-0.2, 0) is 16.0 Å². The number of rotatable bonds is 2. The zero-order valence-electron chi connectivity index (χ0n) is 8.79. The smallest absolute Gasteiger partial charge is 0.331 e. The number of aryl methyl sites for hydroxylation is 1. The minimum atomic E-state index is -0.214. The SMILES string of the molecule is CCOC(=O)/C=C1\CCCc2ccsc21. The number of carbonyl (C=O) groups excluding carboxylic acids is 1. The van der Waals surface area contributed by atoms with E-state index in [2.05, 4.69) is 11.4 Å². The van der Waals surface area contributed by atoms with Crippen LogP contribution < -0.4 is 0 Å². The molecule has 80 valence electrons. The minimum absolute atomic E-state index is 0.214. The predicted molar refractivity (Wildman–Crippen MR) is 61.9 cm³/mol. The molecule has 0 N–H and O–H groups in total. The molecular weight excluding hydrogens is 208 g/mol. The van der Waals surface area contributed by atoms with E-state index in [0.717, 1.165) is 24.8 Å². The molecule has 2 nitrogen and oxygen atoms in total. The Morgan fingerprint density at radius 3 is 3.27 bits per heavy atom. The van der Waals surface area contributed by atoms with Crippen molar-refractivity contribution in [3.05, 3.63) is 28.0 Å². The van der Waals surface area contributed by atoms with Crippen molar-refractivity contribution < 1.29 is 9.53 Å². The van der Waals surface area contributed by atoms with E-state index in [-0.39, 0.29) is 5.97 Å². The van der Waals surface area contributed by atoms with Gasteiger partial charge < -0.3 is 4.74 Å². The Hall–Kier alpha value is -1.09. The molecule has 1 aromatic rings. The first kappa shape index (κ1) is 10.4. The number of esters is 1. The van der Waals surface area contributed by atoms with Crippen LogP contribution in [0.2, 0.25) is 0 Å². The normalized spacial score (nSPS) is 17.5. The maximum absolute atomic E-state index is 11.3. The van der Waals surface area contributed by atoms with Gasteiger partial charge in [-0.1, -0.05) is 0 Å². The fourth-order valence-corrected chi connectivity index (χ4v) is 2.86. The molecule has 15 heavy (non-hydrogen) atoms. The third-order valence-electron chi connectivity index (χ3n) is 2.51. The molecule has 0 fully saturated rings. The van der Waals surface area contributed by atoms with E-state index in [9.17, 15) is 4.79 Å². The fourth-order valence-electron chi connectivity index (χ4n) is 1.86. The predicted octanol–water partition coefficient (Wildman–Crippen LogP) is 3.03. The quantitative estimate of drug-likeness (QED) is 0.568. The molecule has 1 heterocycles. The lowest BCUT2D eigenvalue weighted by atomic mass is 9.94. The second-order valence-electron chi connectivity index (χ2n) is 3.55. The van der Waals surface area contributed by atoms with Crippen LogP contribution in [0, 0.1) is 0 Å². The lowest BCUT2D eigenvalue weighted by molar-refractivity contribution is -0.137. The van der Waals surface area contributed by atoms with Crippen molar-refractivity contribution in [3.63, 3.8) is 0 Å². The highest BCUT2D eigenvalue weighted by Gasteiger charge is 2.16. The van der Waals surface area contributed by atoms with E-state index in [1.54, 1.807) is 17.4 Å². The van der Waals surface area contributed by atoms with Gasteiger partial charge in [-0.3, -0.25) is 0 Å². The highest BCUT2D eigenvalue weighted by atomic mass is 32.1. The molecule has 0 unspecified atom stereocenters. The van der Waals surface area contributed by atoms with Crippen LogP contribution in [-0.4, -0.2) is 12.6 Å². The Balaban J connectivity index is 2.22. The molecule has 0 saturated carbocycles. The zero-order valence-corrected chi connectivity index (χ0v) is 9.60. The maximum Gasteiger partial charge on any atom is 0.331 e. The molecule has 1 aromatic heterocycles. The summed E-state index contributed by atoms with van der Waals surface area (Å²) in [6, 6.07) is 2.15. The van der Waals surface area contributed by atoms with E-state index in [4.69, 9.17) is 4.74 Å². The van der Waals surface area contributed by atoms with Gasteiger partial charge in [-0.15, -0.1) is 11.3 Å². The molecule has 0 atom stereocenters. The van der Waals surface area contributed by atoms with Crippen molar-refractivity contribution in [2.45, 2.75) is 26.2 Å². The van der Waals surface area contributed by atoms with Gasteiger partial charge in [-0.25, -0.2) is 4.79 Å². The molecule has 0 saturated heterocycles. The second kappa shape index (κ2) is 4.62. The minimum Gasteiger partial charge on any atom is -0.463 e. The Morgan fingerprint density at radius 1 is 1.60 bits per heavy atom. The standard InChI is InChI=1S/C12H14O2S/c1-2-14-11(13)8-10-5-3-4-9-6-7-15-12(9)10/h6-8H,2-5H2,1H3/b10-8+. The van der Waals surface area contributed by atoms with Crippen molar-refractivity contribution in [1.82, 2.24) is 0 Å². The van der Waals surface area contributed by atoms with E-state index >= 15 is 0 Å². The summed E-state index contributed by atoms with van der Waals surface area (Å²) >= 11 is 1.72. The molecule has 0 amide bonds. The fraction of sp³-hybridized carbons (Fsp3) is 0.417. The molecule has 0 radical (unpaired) electrons. The van der Waals surface area contributed by atoms with Gasteiger partial charge in [-0.2, -0.15) is 0 Å². The van der Waals surface area contributed by atoms with E-state index < -0.39 is 0 Å². The van der Waals surface area contributed by atoms with E-state index in [1.807, 2.05) is 6.92 Å². The Bertz CT molecular complexity index is 390. The molecular formula is C12H14O2S. The summed E-state index contributed by atoms with van der Waals surface area (Å²) < 4.78 is 4.93. The number of hydrogen-bond donors (Lipinski definition) is 0. The number of ether oxygens (including phenoxy) is 1. The molecule has 0 aromatic carbocycles. The molecule has 0 bridgehead atoms.